The molecule has 1 saturated heterocycles. The third kappa shape index (κ3) is 3.03. The number of likely N-dealkylation sites (tertiary alicyclic amines) is 1. The molecule has 1 aliphatic heterocycles. The van der Waals surface area contributed by atoms with Gasteiger partial charge in [-0.05, 0) is 12.8 Å². The molecule has 0 radical (unpaired) electrons. The Morgan fingerprint density at radius 2 is 2.38 bits per heavy atom. The van der Waals surface area contributed by atoms with E-state index in [9.17, 15) is 9.59 Å². The summed E-state index contributed by atoms with van der Waals surface area (Å²) in [7, 11) is 3.14. The molecule has 1 fully saturated rings. The summed E-state index contributed by atoms with van der Waals surface area (Å²) in [4.78, 5) is 26.2. The number of nitrogens with one attached hydrogen (secondary N) is 2. The molecule has 8 heteroatoms. The predicted octanol–water partition coefficient (Wildman–Crippen LogP) is 0.820. The van der Waals surface area contributed by atoms with E-state index in [1.807, 2.05) is 0 Å². The molecule has 0 spiro atoms. The van der Waals surface area contributed by atoms with Gasteiger partial charge in [-0.3, -0.25) is 14.7 Å². The van der Waals surface area contributed by atoms with Crippen molar-refractivity contribution in [3.05, 3.63) is 16.9 Å². The van der Waals surface area contributed by atoms with Crippen LogP contribution >= 0.6 is 11.6 Å². The fourth-order valence-corrected chi connectivity index (χ4v) is 3.02. The second-order valence-corrected chi connectivity index (χ2v) is 5.57. The van der Waals surface area contributed by atoms with E-state index in [2.05, 4.69) is 15.5 Å². The van der Waals surface area contributed by atoms with Gasteiger partial charge in [0, 0.05) is 20.7 Å². The monoisotopic (exact) mass is 314 g/mol. The molecule has 7 nitrogen and oxygen atoms in total. The maximum atomic E-state index is 12.7. The highest BCUT2D eigenvalue weighted by atomic mass is 35.5. The topological polar surface area (TPSA) is 87.3 Å². The van der Waals surface area contributed by atoms with E-state index in [0.29, 0.717) is 19.6 Å². The summed E-state index contributed by atoms with van der Waals surface area (Å²) in [6.07, 6.45) is 3.13. The Morgan fingerprint density at radius 1 is 1.62 bits per heavy atom. The number of nitrogens with zero attached hydrogens (tertiary/aromatic N) is 2. The van der Waals surface area contributed by atoms with Crippen molar-refractivity contribution in [3.63, 3.8) is 0 Å². The summed E-state index contributed by atoms with van der Waals surface area (Å²) in [6, 6.07) is 0. The van der Waals surface area contributed by atoms with Gasteiger partial charge >= 0.3 is 0 Å². The predicted molar refractivity (Wildman–Crippen MR) is 77.2 cm³/mol. The minimum Gasteiger partial charge on any atom is -0.382 e. The number of aromatic nitrogens is 2. The lowest BCUT2D eigenvalue weighted by Crippen LogP contribution is -2.53. The molecule has 1 atom stereocenters. The number of H-pyrrole nitrogens is 1. The van der Waals surface area contributed by atoms with Crippen LogP contribution in [0.1, 0.15) is 29.8 Å². The van der Waals surface area contributed by atoms with Crippen molar-refractivity contribution in [2.24, 2.45) is 0 Å². The van der Waals surface area contributed by atoms with Gasteiger partial charge in [-0.1, -0.05) is 11.6 Å². The third-order valence-corrected chi connectivity index (χ3v) is 4.12. The van der Waals surface area contributed by atoms with E-state index >= 15 is 0 Å². The highest BCUT2D eigenvalue weighted by molar-refractivity contribution is 6.33. The van der Waals surface area contributed by atoms with E-state index in [1.165, 1.54) is 6.20 Å². The number of methoxy groups -OCH3 is 1. The summed E-state index contributed by atoms with van der Waals surface area (Å²) in [5.74, 6) is -0.376. The minimum atomic E-state index is -0.639. The van der Waals surface area contributed by atoms with E-state index < -0.39 is 5.54 Å². The van der Waals surface area contributed by atoms with Gasteiger partial charge in [0.1, 0.15) is 5.69 Å². The summed E-state index contributed by atoms with van der Waals surface area (Å²) in [5.41, 5.74) is -0.392. The van der Waals surface area contributed by atoms with Crippen molar-refractivity contribution < 1.29 is 14.3 Å². The molecule has 0 unspecified atom stereocenters. The number of carbonyl (C=O) groups excluding carboxylic acids is 2. The van der Waals surface area contributed by atoms with Gasteiger partial charge in [0.2, 0.25) is 5.91 Å². The zero-order chi connectivity index (χ0) is 15.5. The Balaban J connectivity index is 2.29. The summed E-state index contributed by atoms with van der Waals surface area (Å²) in [6.45, 7) is 0.868. The van der Waals surface area contributed by atoms with Crippen LogP contribution in [0.3, 0.4) is 0 Å². The Hall–Kier alpha value is -1.60. The molecule has 2 rings (SSSR count). The van der Waals surface area contributed by atoms with Crippen LogP contribution in [-0.4, -0.2) is 59.8 Å². The Labute approximate surface area is 128 Å². The lowest BCUT2D eigenvalue weighted by Gasteiger charge is -2.37. The molecule has 1 aromatic rings. The normalized spacial score (nSPS) is 21.6. The van der Waals surface area contributed by atoms with Crippen LogP contribution in [0.2, 0.25) is 5.02 Å². The number of hydrogen-bond acceptors (Lipinski definition) is 4. The van der Waals surface area contributed by atoms with E-state index in [0.717, 1.165) is 6.42 Å². The van der Waals surface area contributed by atoms with Gasteiger partial charge in [0.25, 0.3) is 5.91 Å². The lowest BCUT2D eigenvalue weighted by molar-refractivity contribution is -0.123. The quantitative estimate of drug-likeness (QED) is 0.842. The summed E-state index contributed by atoms with van der Waals surface area (Å²) < 4.78 is 5.27. The standard InChI is InChI=1S/C13H19ClN4O3/c1-15-10(19)6-13(8-21-2)4-3-5-18(13)12(20)11-9(14)7-16-17-11/h7H,3-6,8H2,1-2H3,(H,15,19)(H,16,17)/t13-/m0/s1. The van der Waals surface area contributed by atoms with Crippen molar-refractivity contribution in [1.82, 2.24) is 20.4 Å². The first kappa shape index (κ1) is 15.8. The van der Waals surface area contributed by atoms with Crippen molar-refractivity contribution in [2.45, 2.75) is 24.8 Å². The zero-order valence-corrected chi connectivity index (χ0v) is 12.9. The molecule has 2 N–H and O–H groups in total. The van der Waals surface area contributed by atoms with Crippen LogP contribution in [0.4, 0.5) is 0 Å². The second kappa shape index (κ2) is 6.44. The van der Waals surface area contributed by atoms with Crippen molar-refractivity contribution in [3.8, 4) is 0 Å². The van der Waals surface area contributed by atoms with Gasteiger partial charge in [-0.2, -0.15) is 5.10 Å². The number of aromatic amines is 1. The van der Waals surface area contributed by atoms with Gasteiger partial charge in [-0.25, -0.2) is 0 Å². The van der Waals surface area contributed by atoms with Gasteiger partial charge in [0.05, 0.1) is 29.8 Å². The van der Waals surface area contributed by atoms with Crippen LogP contribution in [0.15, 0.2) is 6.20 Å². The average molecular weight is 315 g/mol. The zero-order valence-electron chi connectivity index (χ0n) is 12.1. The highest BCUT2D eigenvalue weighted by Gasteiger charge is 2.46. The Morgan fingerprint density at radius 3 is 2.95 bits per heavy atom. The van der Waals surface area contributed by atoms with Gasteiger partial charge in [0.15, 0.2) is 0 Å². The first-order valence-corrected chi connectivity index (χ1v) is 7.12. The van der Waals surface area contributed by atoms with Crippen LogP contribution < -0.4 is 5.32 Å². The van der Waals surface area contributed by atoms with Crippen LogP contribution in [0.5, 0.6) is 0 Å². The van der Waals surface area contributed by atoms with Crippen molar-refractivity contribution in [2.75, 3.05) is 27.3 Å². The first-order chi connectivity index (χ1) is 10.0. The molecule has 2 heterocycles. The van der Waals surface area contributed by atoms with Crippen LogP contribution in [0.25, 0.3) is 0 Å². The number of rotatable bonds is 5. The van der Waals surface area contributed by atoms with Crippen molar-refractivity contribution >= 4 is 23.4 Å². The van der Waals surface area contributed by atoms with E-state index in [-0.39, 0.29) is 29.0 Å². The molecule has 2 amide bonds. The summed E-state index contributed by atoms with van der Waals surface area (Å²) >= 11 is 5.96. The smallest absolute Gasteiger partial charge is 0.273 e. The number of halogens is 1. The molecule has 0 aliphatic carbocycles. The van der Waals surface area contributed by atoms with Crippen LogP contribution in [0, 0.1) is 0 Å². The SMILES string of the molecule is CNC(=O)C[C@]1(COC)CCCN1C(=O)c1[nH]ncc1Cl. The fourth-order valence-electron chi connectivity index (χ4n) is 2.85. The molecule has 0 saturated carbocycles. The first-order valence-electron chi connectivity index (χ1n) is 6.74. The molecular weight excluding hydrogens is 296 g/mol. The molecule has 21 heavy (non-hydrogen) atoms. The number of hydrogen-bond donors (Lipinski definition) is 2. The maximum absolute atomic E-state index is 12.7. The van der Waals surface area contributed by atoms with Crippen LogP contribution in [-0.2, 0) is 9.53 Å². The molecule has 1 aliphatic rings. The number of amides is 2. The molecule has 116 valence electrons. The third-order valence-electron chi connectivity index (χ3n) is 3.83. The minimum absolute atomic E-state index is 0.123. The number of carbonyl (C=O) groups is 2. The Kier molecular flexibility index (Phi) is 4.84. The second-order valence-electron chi connectivity index (χ2n) is 5.16. The van der Waals surface area contributed by atoms with Gasteiger partial charge in [-0.15, -0.1) is 0 Å². The lowest BCUT2D eigenvalue weighted by atomic mass is 9.92. The summed E-state index contributed by atoms with van der Waals surface area (Å²) in [5, 5.41) is 9.26. The highest BCUT2D eigenvalue weighted by Crippen LogP contribution is 2.34. The van der Waals surface area contributed by atoms with E-state index in [1.54, 1.807) is 19.1 Å². The fraction of sp³-hybridized carbons (Fsp3) is 0.615. The van der Waals surface area contributed by atoms with Crippen molar-refractivity contribution in [1.29, 1.82) is 0 Å². The van der Waals surface area contributed by atoms with Gasteiger partial charge < -0.3 is 15.0 Å². The molecule has 0 aromatic carbocycles. The largest absolute Gasteiger partial charge is 0.382 e. The average Bonchev–Trinajstić information content (AvgIpc) is 3.05. The Bertz CT molecular complexity index is 533. The maximum Gasteiger partial charge on any atom is 0.273 e. The molecule has 0 bridgehead atoms. The molecule has 1 aromatic heterocycles. The molecular formula is C13H19ClN4O3. The number of ether oxygens (including phenoxy) is 1. The van der Waals surface area contributed by atoms with E-state index in [4.69, 9.17) is 16.3 Å².